The van der Waals surface area contributed by atoms with Crippen LogP contribution in [0, 0.1) is 0 Å². The third-order valence-corrected chi connectivity index (χ3v) is 7.08. The first-order valence-electron chi connectivity index (χ1n) is 8.47. The number of aromatic nitrogens is 2. The van der Waals surface area contributed by atoms with Crippen LogP contribution in [0.5, 0.6) is 0 Å². The van der Waals surface area contributed by atoms with Gasteiger partial charge in [-0.3, -0.25) is 4.79 Å². The van der Waals surface area contributed by atoms with E-state index in [4.69, 9.17) is 5.14 Å². The van der Waals surface area contributed by atoms with Gasteiger partial charge >= 0.3 is 5.91 Å². The Balaban J connectivity index is 1.85. The highest BCUT2D eigenvalue weighted by Gasteiger charge is 2.15. The second-order valence-electron chi connectivity index (χ2n) is 6.11. The van der Waals surface area contributed by atoms with E-state index < -0.39 is 15.9 Å². The third-order valence-electron chi connectivity index (χ3n) is 4.10. The van der Waals surface area contributed by atoms with Gasteiger partial charge in [0.2, 0.25) is 10.0 Å². The predicted molar refractivity (Wildman–Crippen MR) is 111 cm³/mol. The molecule has 0 unspecified atom stereocenters. The molecule has 4 aromatic rings. The van der Waals surface area contributed by atoms with Crippen LogP contribution in [-0.2, 0) is 16.6 Å². The van der Waals surface area contributed by atoms with Gasteiger partial charge in [-0.2, -0.15) is 4.99 Å². The minimum Gasteiger partial charge on any atom is -0.316 e. The van der Waals surface area contributed by atoms with Gasteiger partial charge in [0.15, 0.2) is 9.81 Å². The quantitative estimate of drug-likeness (QED) is 0.534. The lowest BCUT2D eigenvalue weighted by Gasteiger charge is -2.03. The average Bonchev–Trinajstić information content (AvgIpc) is 3.23. The molecule has 28 heavy (non-hydrogen) atoms. The molecule has 2 heterocycles. The maximum atomic E-state index is 12.7. The van der Waals surface area contributed by atoms with Crippen LogP contribution in [0.3, 0.4) is 0 Å². The zero-order valence-corrected chi connectivity index (χ0v) is 17.3. The predicted octanol–water partition coefficient (Wildman–Crippen LogP) is 3.11. The summed E-state index contributed by atoms with van der Waals surface area (Å²) in [7, 11) is -3.80. The molecule has 0 bridgehead atoms. The van der Waals surface area contributed by atoms with E-state index in [0.29, 0.717) is 21.1 Å². The van der Waals surface area contributed by atoms with Crippen LogP contribution in [0.2, 0.25) is 0 Å². The number of aryl methyl sites for hydroxylation is 1. The molecule has 7 nitrogen and oxygen atoms in total. The number of nitrogens with zero attached hydrogens (tertiary/aromatic N) is 3. The SMILES string of the molecule is CCCn1c(=NC(=O)c2nc3ccccc3s2)sc2cc(S(N)(=O)=O)ccc21. The maximum Gasteiger partial charge on any atom is 0.308 e. The molecule has 0 aliphatic heterocycles. The number of primary sulfonamides is 1. The first kappa shape index (κ1) is 18.9. The summed E-state index contributed by atoms with van der Waals surface area (Å²) in [6.07, 6.45) is 0.839. The summed E-state index contributed by atoms with van der Waals surface area (Å²) >= 11 is 2.56. The second-order valence-corrected chi connectivity index (χ2v) is 9.72. The monoisotopic (exact) mass is 432 g/mol. The maximum absolute atomic E-state index is 12.7. The van der Waals surface area contributed by atoms with Gasteiger partial charge < -0.3 is 4.57 Å². The number of fused-ring (bicyclic) bond motifs is 2. The lowest BCUT2D eigenvalue weighted by molar-refractivity contribution is 0.0997. The fourth-order valence-corrected chi connectivity index (χ4v) is 5.41. The highest BCUT2D eigenvalue weighted by molar-refractivity contribution is 7.89. The van der Waals surface area contributed by atoms with Crippen LogP contribution in [0.1, 0.15) is 23.1 Å². The zero-order chi connectivity index (χ0) is 19.9. The summed E-state index contributed by atoms with van der Waals surface area (Å²) in [5, 5.41) is 5.56. The van der Waals surface area contributed by atoms with E-state index in [1.54, 1.807) is 6.07 Å². The number of thiazole rings is 2. The minimum absolute atomic E-state index is 0.0361. The normalized spacial score (nSPS) is 12.9. The first-order chi connectivity index (χ1) is 13.4. The number of rotatable bonds is 4. The van der Waals surface area contributed by atoms with Gasteiger partial charge in [0, 0.05) is 6.54 Å². The average molecular weight is 433 g/mol. The van der Waals surface area contributed by atoms with Crippen molar-refractivity contribution in [2.24, 2.45) is 10.1 Å². The van der Waals surface area contributed by atoms with Crippen LogP contribution in [0.15, 0.2) is 52.4 Å². The van der Waals surface area contributed by atoms with Crippen molar-refractivity contribution in [3.63, 3.8) is 0 Å². The lowest BCUT2D eigenvalue weighted by atomic mass is 10.3. The first-order valence-corrected chi connectivity index (χ1v) is 11.7. The van der Waals surface area contributed by atoms with Gasteiger partial charge in [-0.1, -0.05) is 30.4 Å². The fourth-order valence-electron chi connectivity index (χ4n) is 2.85. The highest BCUT2D eigenvalue weighted by atomic mass is 32.2. The Morgan fingerprint density at radius 3 is 2.68 bits per heavy atom. The van der Waals surface area contributed by atoms with Crippen molar-refractivity contribution in [2.45, 2.75) is 24.8 Å². The zero-order valence-electron chi connectivity index (χ0n) is 14.8. The molecule has 144 valence electrons. The number of nitrogens with two attached hydrogens (primary N) is 1. The van der Waals surface area contributed by atoms with E-state index in [-0.39, 0.29) is 4.90 Å². The van der Waals surface area contributed by atoms with Crippen LogP contribution in [0.4, 0.5) is 0 Å². The minimum atomic E-state index is -3.80. The standard InChI is InChI=1S/C18H16N4O3S3/c1-2-9-22-13-8-7-11(28(19,24)25)10-15(13)27-18(22)21-16(23)17-20-12-5-3-4-6-14(12)26-17/h3-8,10H,2,9H2,1H3,(H2,19,24,25). The van der Waals surface area contributed by atoms with Gasteiger partial charge in [0.1, 0.15) is 0 Å². The molecule has 0 fully saturated rings. The molecular weight excluding hydrogens is 416 g/mol. The topological polar surface area (TPSA) is 107 Å². The van der Waals surface area contributed by atoms with E-state index in [1.807, 2.05) is 35.8 Å². The van der Waals surface area contributed by atoms with Crippen molar-refractivity contribution in [1.82, 2.24) is 9.55 Å². The van der Waals surface area contributed by atoms with E-state index in [9.17, 15) is 13.2 Å². The molecule has 0 saturated heterocycles. The van der Waals surface area contributed by atoms with E-state index in [0.717, 1.165) is 22.2 Å². The number of amides is 1. The molecule has 10 heteroatoms. The number of hydrogen-bond acceptors (Lipinski definition) is 6. The molecule has 2 aromatic carbocycles. The van der Waals surface area contributed by atoms with Crippen molar-refractivity contribution in [2.75, 3.05) is 0 Å². The van der Waals surface area contributed by atoms with E-state index in [2.05, 4.69) is 9.98 Å². The van der Waals surface area contributed by atoms with Crippen LogP contribution >= 0.6 is 22.7 Å². The largest absolute Gasteiger partial charge is 0.316 e. The van der Waals surface area contributed by atoms with Crippen LogP contribution in [0.25, 0.3) is 20.4 Å². The highest BCUT2D eigenvalue weighted by Crippen LogP contribution is 2.23. The Morgan fingerprint density at radius 1 is 1.18 bits per heavy atom. The number of para-hydroxylation sites is 1. The van der Waals surface area contributed by atoms with E-state index in [1.165, 1.54) is 34.8 Å². The summed E-state index contributed by atoms with van der Waals surface area (Å²) in [4.78, 5) is 21.9. The summed E-state index contributed by atoms with van der Waals surface area (Å²) < 4.78 is 26.8. The molecule has 0 saturated carbocycles. The van der Waals surface area contributed by atoms with Gasteiger partial charge in [-0.15, -0.1) is 11.3 Å². The Morgan fingerprint density at radius 2 is 1.96 bits per heavy atom. The molecule has 0 spiro atoms. The second kappa shape index (κ2) is 7.21. The molecule has 2 N–H and O–H groups in total. The van der Waals surface area contributed by atoms with Crippen LogP contribution in [-0.4, -0.2) is 23.9 Å². The summed E-state index contributed by atoms with van der Waals surface area (Å²) in [5.74, 6) is -0.413. The summed E-state index contributed by atoms with van der Waals surface area (Å²) in [6.45, 7) is 2.68. The molecule has 1 amide bonds. The number of benzene rings is 2. The smallest absolute Gasteiger partial charge is 0.308 e. The molecule has 4 rings (SSSR count). The van der Waals surface area contributed by atoms with Crippen molar-refractivity contribution in [3.05, 3.63) is 52.3 Å². The van der Waals surface area contributed by atoms with Gasteiger partial charge in [0.25, 0.3) is 0 Å². The van der Waals surface area contributed by atoms with Crippen LogP contribution < -0.4 is 9.94 Å². The molecule has 0 aliphatic rings. The van der Waals surface area contributed by atoms with Gasteiger partial charge in [0.05, 0.1) is 25.3 Å². The number of hydrogen-bond donors (Lipinski definition) is 1. The molecule has 0 atom stereocenters. The third kappa shape index (κ3) is 3.51. The van der Waals surface area contributed by atoms with Gasteiger partial charge in [-0.25, -0.2) is 18.5 Å². The molecule has 2 aromatic heterocycles. The fraction of sp³-hybridized carbons (Fsp3) is 0.167. The summed E-state index contributed by atoms with van der Waals surface area (Å²) in [6, 6.07) is 12.2. The van der Waals surface area contributed by atoms with Crippen molar-refractivity contribution in [1.29, 1.82) is 0 Å². The van der Waals surface area contributed by atoms with Gasteiger partial charge in [-0.05, 0) is 36.8 Å². The number of sulfonamides is 1. The number of carbonyl (C=O) groups excluding carboxylic acids is 1. The van der Waals surface area contributed by atoms with Crippen molar-refractivity contribution in [3.8, 4) is 0 Å². The molecule has 0 radical (unpaired) electrons. The summed E-state index contributed by atoms with van der Waals surface area (Å²) in [5.41, 5.74) is 1.58. The van der Waals surface area contributed by atoms with Crippen molar-refractivity contribution < 1.29 is 13.2 Å². The number of carbonyl (C=O) groups is 1. The molecular formula is C18H16N4O3S3. The Bertz CT molecular complexity index is 1350. The Hall–Kier alpha value is -2.40. The molecule has 0 aliphatic carbocycles. The lowest BCUT2D eigenvalue weighted by Crippen LogP contribution is -2.17. The van der Waals surface area contributed by atoms with E-state index >= 15 is 0 Å². The Kier molecular flexibility index (Phi) is 4.88. The Labute approximate surface area is 168 Å². The van der Waals surface area contributed by atoms with Crippen molar-refractivity contribution >= 4 is 59.0 Å².